The molecule has 36 heavy (non-hydrogen) atoms. The van der Waals surface area contributed by atoms with Gasteiger partial charge in [0.05, 0.1) is 17.1 Å². The molecule has 4 aromatic rings. The van der Waals surface area contributed by atoms with E-state index < -0.39 is 0 Å². The molecule has 2 aromatic heterocycles. The molecule has 0 saturated carbocycles. The largest absolute Gasteiger partial charge is 0.378 e. The van der Waals surface area contributed by atoms with Gasteiger partial charge in [0.1, 0.15) is 5.69 Å². The number of thioether (sulfide) groups is 1. The summed E-state index contributed by atoms with van der Waals surface area (Å²) in [7, 11) is 5.76. The van der Waals surface area contributed by atoms with Crippen molar-refractivity contribution < 1.29 is 4.79 Å². The molecule has 0 unspecified atom stereocenters. The van der Waals surface area contributed by atoms with Crippen LogP contribution in [0.15, 0.2) is 77.2 Å². The Morgan fingerprint density at radius 2 is 1.89 bits per heavy atom. The molecule has 0 spiro atoms. The van der Waals surface area contributed by atoms with Crippen molar-refractivity contribution in [3.8, 4) is 17.1 Å². The van der Waals surface area contributed by atoms with Crippen LogP contribution in [-0.2, 0) is 18.4 Å². The second kappa shape index (κ2) is 10.7. The molecule has 9 nitrogen and oxygen atoms in total. The van der Waals surface area contributed by atoms with Crippen molar-refractivity contribution in [2.75, 3.05) is 30.1 Å². The molecule has 2 aromatic carbocycles. The minimum atomic E-state index is -0.296. The summed E-state index contributed by atoms with van der Waals surface area (Å²) in [5.74, 6) is 0.480. The van der Waals surface area contributed by atoms with Gasteiger partial charge in [0, 0.05) is 38.9 Å². The van der Waals surface area contributed by atoms with Gasteiger partial charge >= 0.3 is 0 Å². The van der Waals surface area contributed by atoms with Crippen molar-refractivity contribution in [2.24, 2.45) is 7.05 Å². The Labute approximate surface area is 214 Å². The number of carbonyl (C=O) groups is 1. The lowest BCUT2D eigenvalue weighted by atomic mass is 10.2. The van der Waals surface area contributed by atoms with E-state index in [2.05, 4.69) is 22.1 Å². The lowest BCUT2D eigenvalue weighted by Crippen LogP contribution is -2.23. The number of anilines is 2. The van der Waals surface area contributed by atoms with Crippen LogP contribution in [0, 0.1) is 6.92 Å². The summed E-state index contributed by atoms with van der Waals surface area (Å²) in [6, 6.07) is 17.3. The van der Waals surface area contributed by atoms with Crippen LogP contribution in [0.3, 0.4) is 0 Å². The van der Waals surface area contributed by atoms with E-state index in [4.69, 9.17) is 0 Å². The third-order valence-corrected chi connectivity index (χ3v) is 6.77. The van der Waals surface area contributed by atoms with Gasteiger partial charge in [0.15, 0.2) is 11.0 Å². The first-order chi connectivity index (χ1) is 17.3. The van der Waals surface area contributed by atoms with E-state index in [-0.39, 0.29) is 22.9 Å². The fourth-order valence-corrected chi connectivity index (χ4v) is 4.59. The number of nitrogens with one attached hydrogen (secondary N) is 1. The SMILES string of the molecule is C=CCn1c(SCC(=O)Nc2c(C)n(C)n(-c3ccccc3)c2=O)nnc1-c1cccc(N(C)C)c1. The standard InChI is InChI=1S/C26H29N7O2S/c1-6-15-32-24(19-11-10-14-21(16-19)30(3)4)28-29-26(32)36-17-22(34)27-23-18(2)31(5)33(25(23)35)20-12-8-7-9-13-20/h6-14,16H,1,15,17H2,2-5H3,(H,27,34). The topological polar surface area (TPSA) is 90.0 Å². The minimum Gasteiger partial charge on any atom is -0.378 e. The van der Waals surface area contributed by atoms with Crippen molar-refractivity contribution in [1.82, 2.24) is 24.1 Å². The van der Waals surface area contributed by atoms with Crippen molar-refractivity contribution >= 4 is 29.0 Å². The molecule has 1 N–H and O–H groups in total. The van der Waals surface area contributed by atoms with Crippen LogP contribution >= 0.6 is 11.8 Å². The molecule has 0 aliphatic rings. The van der Waals surface area contributed by atoms with Gasteiger partial charge in [0.25, 0.3) is 5.56 Å². The molecule has 0 bridgehead atoms. The molecule has 0 aliphatic carbocycles. The first-order valence-electron chi connectivity index (χ1n) is 11.4. The van der Waals surface area contributed by atoms with Crippen LogP contribution in [-0.4, -0.2) is 49.9 Å². The summed E-state index contributed by atoms with van der Waals surface area (Å²) in [6.07, 6.45) is 1.77. The second-order valence-electron chi connectivity index (χ2n) is 8.42. The van der Waals surface area contributed by atoms with E-state index in [1.54, 1.807) is 24.7 Å². The maximum atomic E-state index is 13.1. The van der Waals surface area contributed by atoms with Crippen molar-refractivity contribution in [3.05, 3.63) is 83.3 Å². The molecule has 0 atom stereocenters. The van der Waals surface area contributed by atoms with Gasteiger partial charge < -0.3 is 10.2 Å². The highest BCUT2D eigenvalue weighted by atomic mass is 32.2. The normalized spacial score (nSPS) is 10.9. The zero-order chi connectivity index (χ0) is 25.8. The third-order valence-electron chi connectivity index (χ3n) is 5.80. The number of carbonyl (C=O) groups excluding carboxylic acids is 1. The summed E-state index contributed by atoms with van der Waals surface area (Å²) in [4.78, 5) is 27.9. The number of allylic oxidation sites excluding steroid dienone is 1. The van der Waals surface area contributed by atoms with E-state index in [1.807, 2.05) is 78.2 Å². The molecule has 2 heterocycles. The molecule has 0 saturated heterocycles. The Morgan fingerprint density at radius 1 is 1.14 bits per heavy atom. The third kappa shape index (κ3) is 4.99. The summed E-state index contributed by atoms with van der Waals surface area (Å²) < 4.78 is 5.19. The van der Waals surface area contributed by atoms with Gasteiger partial charge in [-0.2, -0.15) is 0 Å². The van der Waals surface area contributed by atoms with Crippen molar-refractivity contribution in [1.29, 1.82) is 0 Å². The average molecular weight is 504 g/mol. The Morgan fingerprint density at radius 3 is 2.58 bits per heavy atom. The maximum Gasteiger partial charge on any atom is 0.295 e. The highest BCUT2D eigenvalue weighted by Gasteiger charge is 2.20. The maximum absolute atomic E-state index is 13.1. The predicted octanol–water partition coefficient (Wildman–Crippen LogP) is 3.73. The zero-order valence-electron chi connectivity index (χ0n) is 20.8. The van der Waals surface area contributed by atoms with Crippen LogP contribution in [0.2, 0.25) is 0 Å². The minimum absolute atomic E-state index is 0.0755. The Kier molecular flexibility index (Phi) is 7.44. The number of para-hydroxylation sites is 1. The molecule has 0 fully saturated rings. The average Bonchev–Trinajstić information content (AvgIpc) is 3.37. The smallest absolute Gasteiger partial charge is 0.295 e. The van der Waals surface area contributed by atoms with E-state index in [9.17, 15) is 9.59 Å². The van der Waals surface area contributed by atoms with E-state index in [1.165, 1.54) is 16.4 Å². The summed E-state index contributed by atoms with van der Waals surface area (Å²) in [6.45, 7) is 6.15. The van der Waals surface area contributed by atoms with E-state index in [0.717, 1.165) is 16.9 Å². The Hall–Kier alpha value is -4.05. The molecule has 10 heteroatoms. The van der Waals surface area contributed by atoms with Gasteiger partial charge in [-0.15, -0.1) is 16.8 Å². The van der Waals surface area contributed by atoms with Gasteiger partial charge in [-0.05, 0) is 31.2 Å². The van der Waals surface area contributed by atoms with Crippen LogP contribution in [0.25, 0.3) is 17.1 Å². The van der Waals surface area contributed by atoms with E-state index in [0.29, 0.717) is 23.2 Å². The molecule has 4 rings (SSSR count). The highest BCUT2D eigenvalue weighted by Crippen LogP contribution is 2.27. The number of nitrogens with zero attached hydrogens (tertiary/aromatic N) is 6. The predicted molar refractivity (Wildman–Crippen MR) is 145 cm³/mol. The fourth-order valence-electron chi connectivity index (χ4n) is 3.84. The van der Waals surface area contributed by atoms with E-state index >= 15 is 0 Å². The molecular weight excluding hydrogens is 474 g/mol. The first kappa shape index (κ1) is 25.1. The van der Waals surface area contributed by atoms with Crippen LogP contribution in [0.4, 0.5) is 11.4 Å². The van der Waals surface area contributed by atoms with Crippen LogP contribution in [0.1, 0.15) is 5.69 Å². The Bertz CT molecular complexity index is 1450. The van der Waals surface area contributed by atoms with Gasteiger partial charge in [-0.3, -0.25) is 18.8 Å². The number of benzene rings is 2. The monoisotopic (exact) mass is 503 g/mol. The summed E-state index contributed by atoms with van der Waals surface area (Å²) in [5, 5.41) is 12.1. The Balaban J connectivity index is 1.53. The summed E-state index contributed by atoms with van der Waals surface area (Å²) >= 11 is 1.26. The van der Waals surface area contributed by atoms with Gasteiger partial charge in [0.2, 0.25) is 5.91 Å². The van der Waals surface area contributed by atoms with Crippen LogP contribution < -0.4 is 15.8 Å². The molecular formula is C26H29N7O2S. The number of rotatable bonds is 9. The number of amides is 1. The first-order valence-corrected chi connectivity index (χ1v) is 12.4. The lowest BCUT2D eigenvalue weighted by Gasteiger charge is -2.14. The van der Waals surface area contributed by atoms with Gasteiger partial charge in [-0.1, -0.05) is 48.2 Å². The van der Waals surface area contributed by atoms with Crippen molar-refractivity contribution in [3.63, 3.8) is 0 Å². The zero-order valence-corrected chi connectivity index (χ0v) is 21.6. The summed E-state index contributed by atoms with van der Waals surface area (Å²) in [5.41, 5.74) is 3.35. The number of hydrogen-bond acceptors (Lipinski definition) is 6. The highest BCUT2D eigenvalue weighted by molar-refractivity contribution is 7.99. The molecule has 0 aliphatic heterocycles. The lowest BCUT2D eigenvalue weighted by molar-refractivity contribution is -0.113. The second-order valence-corrected chi connectivity index (χ2v) is 9.37. The fraction of sp³-hybridized carbons (Fsp3) is 0.231. The molecule has 186 valence electrons. The van der Waals surface area contributed by atoms with Crippen molar-refractivity contribution in [2.45, 2.75) is 18.6 Å². The number of hydrogen-bond donors (Lipinski definition) is 1. The number of aromatic nitrogens is 5. The van der Waals surface area contributed by atoms with Crippen LogP contribution in [0.5, 0.6) is 0 Å². The molecule has 1 amide bonds. The van der Waals surface area contributed by atoms with Gasteiger partial charge in [-0.25, -0.2) is 4.68 Å². The quantitative estimate of drug-likeness (QED) is 0.277. The molecule has 0 radical (unpaired) electrons.